The van der Waals surface area contributed by atoms with Crippen LogP contribution in [0.15, 0.2) is 48.1 Å². The summed E-state index contributed by atoms with van der Waals surface area (Å²) in [7, 11) is 0. The summed E-state index contributed by atoms with van der Waals surface area (Å²) in [4.78, 5) is 44.7. The number of pyridine rings is 2. The lowest BCUT2D eigenvalue weighted by molar-refractivity contribution is -0.117. The molecule has 2 aromatic rings. The van der Waals surface area contributed by atoms with Crippen LogP contribution in [-0.2, 0) is 14.4 Å². The second-order valence-electron chi connectivity index (χ2n) is 6.40. The third kappa shape index (κ3) is 4.44. The molecule has 0 atom stereocenters. The van der Waals surface area contributed by atoms with Gasteiger partial charge in [0.15, 0.2) is 6.29 Å². The first-order valence-electron chi connectivity index (χ1n) is 8.67. The van der Waals surface area contributed by atoms with E-state index in [1.807, 2.05) is 19.1 Å². The number of rotatable bonds is 6. The quantitative estimate of drug-likeness (QED) is 0.790. The molecule has 0 bridgehead atoms. The van der Waals surface area contributed by atoms with E-state index in [2.05, 4.69) is 15.3 Å². The zero-order valence-electron chi connectivity index (χ0n) is 15.0. The lowest BCUT2D eigenvalue weighted by atomic mass is 10.0. The fourth-order valence-corrected chi connectivity index (χ4v) is 3.05. The monoisotopic (exact) mass is 364 g/mol. The van der Waals surface area contributed by atoms with Gasteiger partial charge in [0.25, 0.3) is 0 Å². The Kier molecular flexibility index (Phi) is 5.71. The van der Waals surface area contributed by atoms with Gasteiger partial charge in [0.05, 0.1) is 12.2 Å². The lowest BCUT2D eigenvalue weighted by Crippen LogP contribution is -2.37. The highest BCUT2D eigenvalue weighted by Crippen LogP contribution is 2.21. The Morgan fingerprint density at radius 1 is 1.19 bits per heavy atom. The second-order valence-corrected chi connectivity index (χ2v) is 6.40. The van der Waals surface area contributed by atoms with Gasteiger partial charge in [0, 0.05) is 41.8 Å². The number of carbonyl (C=O) groups excluding carboxylic acids is 3. The minimum Gasteiger partial charge on any atom is -0.359 e. The summed E-state index contributed by atoms with van der Waals surface area (Å²) in [6.07, 6.45) is 7.84. The van der Waals surface area contributed by atoms with Crippen molar-refractivity contribution < 1.29 is 14.4 Å². The molecular formula is C20H20N4O3. The molecule has 1 aliphatic rings. The molecule has 3 heterocycles. The van der Waals surface area contributed by atoms with Crippen molar-refractivity contribution in [3.8, 4) is 11.1 Å². The van der Waals surface area contributed by atoms with Gasteiger partial charge in [-0.15, -0.1) is 0 Å². The van der Waals surface area contributed by atoms with Gasteiger partial charge in [0.1, 0.15) is 12.1 Å². The number of carbonyl (C=O) groups is 3. The molecule has 0 saturated carbocycles. The van der Waals surface area contributed by atoms with Crippen LogP contribution in [0, 0.1) is 6.92 Å². The van der Waals surface area contributed by atoms with Crippen molar-refractivity contribution >= 4 is 24.3 Å². The molecule has 0 spiro atoms. The van der Waals surface area contributed by atoms with Crippen molar-refractivity contribution in [2.24, 2.45) is 0 Å². The molecule has 138 valence electrons. The summed E-state index contributed by atoms with van der Waals surface area (Å²) in [5, 5.41) is 2.72. The molecular weight excluding hydrogens is 344 g/mol. The standard InChI is InChI=1S/C20H20N4O3/c1-14-7-17(9-21-8-14)15-4-5-19(22-10-15)23-20(27)11-24-6-2-3-16(12-25)18(24)13-26/h4-5,7-10,12-13H,2-3,6,11H2,1H3,(H,22,23,27). The minimum absolute atomic E-state index is 0.00333. The number of aromatic nitrogens is 2. The Bertz CT molecular complexity index is 890. The van der Waals surface area contributed by atoms with Crippen LogP contribution in [0.1, 0.15) is 18.4 Å². The van der Waals surface area contributed by atoms with Crippen LogP contribution in [0.4, 0.5) is 5.82 Å². The van der Waals surface area contributed by atoms with Crippen molar-refractivity contribution in [1.82, 2.24) is 14.9 Å². The summed E-state index contributed by atoms with van der Waals surface area (Å²) in [6.45, 7) is 2.53. The SMILES string of the molecule is Cc1cncc(-c2ccc(NC(=O)CN3CCCC(C=O)=C3C=O)nc2)c1. The van der Waals surface area contributed by atoms with E-state index in [0.29, 0.717) is 42.6 Å². The Balaban J connectivity index is 1.66. The Morgan fingerprint density at radius 2 is 2.04 bits per heavy atom. The fraction of sp³-hybridized carbons (Fsp3) is 0.250. The van der Waals surface area contributed by atoms with Crippen LogP contribution in [0.25, 0.3) is 11.1 Å². The number of nitrogens with zero attached hydrogens (tertiary/aromatic N) is 3. The first kappa shape index (κ1) is 18.4. The van der Waals surface area contributed by atoms with Gasteiger partial charge in [-0.25, -0.2) is 4.98 Å². The van der Waals surface area contributed by atoms with Crippen molar-refractivity contribution in [3.05, 3.63) is 53.6 Å². The molecule has 0 unspecified atom stereocenters. The predicted octanol–water partition coefficient (Wildman–Crippen LogP) is 2.14. The Hall–Kier alpha value is -3.35. The number of anilines is 1. The lowest BCUT2D eigenvalue weighted by Gasteiger charge is -2.28. The smallest absolute Gasteiger partial charge is 0.245 e. The van der Waals surface area contributed by atoms with Gasteiger partial charge in [-0.2, -0.15) is 0 Å². The number of nitrogens with one attached hydrogen (secondary N) is 1. The first-order chi connectivity index (χ1) is 13.1. The van der Waals surface area contributed by atoms with Gasteiger partial charge < -0.3 is 10.2 Å². The summed E-state index contributed by atoms with van der Waals surface area (Å²) in [6, 6.07) is 5.59. The highest BCUT2D eigenvalue weighted by atomic mass is 16.2. The van der Waals surface area contributed by atoms with Crippen molar-refractivity contribution in [2.45, 2.75) is 19.8 Å². The Morgan fingerprint density at radius 3 is 2.70 bits per heavy atom. The van der Waals surface area contributed by atoms with E-state index in [-0.39, 0.29) is 12.5 Å². The Labute approximate surface area is 157 Å². The fourth-order valence-electron chi connectivity index (χ4n) is 3.05. The van der Waals surface area contributed by atoms with Gasteiger partial charge in [0.2, 0.25) is 5.91 Å². The van der Waals surface area contributed by atoms with Crippen LogP contribution in [0.2, 0.25) is 0 Å². The summed E-state index contributed by atoms with van der Waals surface area (Å²) < 4.78 is 0. The largest absolute Gasteiger partial charge is 0.359 e. The molecule has 0 radical (unpaired) electrons. The second kappa shape index (κ2) is 8.35. The number of amides is 1. The zero-order chi connectivity index (χ0) is 19.2. The molecule has 1 aliphatic heterocycles. The molecule has 0 saturated heterocycles. The van der Waals surface area contributed by atoms with E-state index in [4.69, 9.17) is 0 Å². The number of hydrogen-bond acceptors (Lipinski definition) is 6. The van der Waals surface area contributed by atoms with Crippen LogP contribution in [0.3, 0.4) is 0 Å². The summed E-state index contributed by atoms with van der Waals surface area (Å²) in [5.41, 5.74) is 3.65. The van der Waals surface area contributed by atoms with Crippen LogP contribution >= 0.6 is 0 Å². The number of allylic oxidation sites excluding steroid dienone is 2. The molecule has 1 N–H and O–H groups in total. The van der Waals surface area contributed by atoms with Gasteiger partial charge in [-0.05, 0) is 43.5 Å². The molecule has 2 aromatic heterocycles. The third-order valence-electron chi connectivity index (χ3n) is 4.37. The normalized spacial score (nSPS) is 14.0. The summed E-state index contributed by atoms with van der Waals surface area (Å²) >= 11 is 0. The van der Waals surface area contributed by atoms with Crippen molar-refractivity contribution in [1.29, 1.82) is 0 Å². The van der Waals surface area contributed by atoms with E-state index in [1.165, 1.54) is 0 Å². The van der Waals surface area contributed by atoms with E-state index >= 15 is 0 Å². The topological polar surface area (TPSA) is 92.3 Å². The van der Waals surface area contributed by atoms with Crippen molar-refractivity contribution in [2.75, 3.05) is 18.4 Å². The van der Waals surface area contributed by atoms with Gasteiger partial charge in [-0.1, -0.05) is 0 Å². The number of hydrogen-bond donors (Lipinski definition) is 1. The molecule has 0 fully saturated rings. The molecule has 7 heteroatoms. The molecule has 0 aromatic carbocycles. The predicted molar refractivity (Wildman–Crippen MR) is 101 cm³/mol. The molecule has 0 aliphatic carbocycles. The van der Waals surface area contributed by atoms with Crippen molar-refractivity contribution in [3.63, 3.8) is 0 Å². The van der Waals surface area contributed by atoms with E-state index in [9.17, 15) is 14.4 Å². The van der Waals surface area contributed by atoms with E-state index < -0.39 is 0 Å². The molecule has 3 rings (SSSR count). The maximum atomic E-state index is 12.3. The maximum Gasteiger partial charge on any atom is 0.245 e. The van der Waals surface area contributed by atoms with Crippen LogP contribution in [0.5, 0.6) is 0 Å². The number of aldehydes is 2. The molecule has 1 amide bonds. The molecule has 7 nitrogen and oxygen atoms in total. The minimum atomic E-state index is -0.293. The summed E-state index contributed by atoms with van der Waals surface area (Å²) in [5.74, 6) is 0.132. The highest BCUT2D eigenvalue weighted by Gasteiger charge is 2.21. The first-order valence-corrected chi connectivity index (χ1v) is 8.67. The average molecular weight is 364 g/mol. The molecule has 27 heavy (non-hydrogen) atoms. The number of aryl methyl sites for hydroxylation is 1. The van der Waals surface area contributed by atoms with Gasteiger partial charge >= 0.3 is 0 Å². The van der Waals surface area contributed by atoms with Crippen LogP contribution < -0.4 is 5.32 Å². The van der Waals surface area contributed by atoms with E-state index in [1.54, 1.807) is 29.6 Å². The van der Waals surface area contributed by atoms with E-state index in [0.717, 1.165) is 23.1 Å². The highest BCUT2D eigenvalue weighted by molar-refractivity contribution is 5.93. The van der Waals surface area contributed by atoms with Gasteiger partial charge in [-0.3, -0.25) is 19.4 Å². The zero-order valence-corrected chi connectivity index (χ0v) is 15.0. The average Bonchev–Trinajstić information content (AvgIpc) is 2.68. The maximum absolute atomic E-state index is 12.3. The third-order valence-corrected chi connectivity index (χ3v) is 4.37. The van der Waals surface area contributed by atoms with Crippen LogP contribution in [-0.4, -0.2) is 46.4 Å².